The highest BCUT2D eigenvalue weighted by atomic mass is 16.2. The van der Waals surface area contributed by atoms with Crippen LogP contribution in [0.4, 0.5) is 0 Å². The van der Waals surface area contributed by atoms with E-state index in [9.17, 15) is 9.59 Å². The molecule has 18 heavy (non-hydrogen) atoms. The van der Waals surface area contributed by atoms with E-state index in [4.69, 9.17) is 0 Å². The summed E-state index contributed by atoms with van der Waals surface area (Å²) in [6.07, 6.45) is 6.09. The molecule has 0 saturated heterocycles. The number of hydrogen-bond donors (Lipinski definition) is 0. The molecular formula is C15H19NO2. The fourth-order valence-corrected chi connectivity index (χ4v) is 4.15. The maximum Gasteiger partial charge on any atom is 0.257 e. The number of amides is 2. The summed E-state index contributed by atoms with van der Waals surface area (Å²) >= 11 is 0. The van der Waals surface area contributed by atoms with Gasteiger partial charge in [-0.3, -0.25) is 14.5 Å². The minimum absolute atomic E-state index is 0.0387. The Labute approximate surface area is 108 Å². The van der Waals surface area contributed by atoms with Gasteiger partial charge in [0.2, 0.25) is 0 Å². The molecule has 2 unspecified atom stereocenters. The molecule has 2 amide bonds. The van der Waals surface area contributed by atoms with Crippen molar-refractivity contribution in [3.63, 3.8) is 0 Å². The number of carbonyl (C=O) groups excluding carboxylic acids is 2. The summed E-state index contributed by atoms with van der Waals surface area (Å²) in [6.45, 7) is 6.15. The number of nitrogens with zero attached hydrogens (tertiary/aromatic N) is 1. The van der Waals surface area contributed by atoms with E-state index in [2.05, 4.69) is 13.5 Å². The van der Waals surface area contributed by atoms with Crippen molar-refractivity contribution >= 4 is 11.8 Å². The first-order valence-electron chi connectivity index (χ1n) is 6.91. The van der Waals surface area contributed by atoms with E-state index in [1.54, 1.807) is 6.08 Å². The first-order chi connectivity index (χ1) is 8.70. The molecule has 0 aromatic rings. The predicted molar refractivity (Wildman–Crippen MR) is 68.6 cm³/mol. The van der Waals surface area contributed by atoms with E-state index in [0.717, 1.165) is 36.8 Å². The molecule has 0 spiro atoms. The Balaban J connectivity index is 1.93. The molecule has 96 valence electrons. The van der Waals surface area contributed by atoms with Crippen LogP contribution in [0.2, 0.25) is 0 Å². The van der Waals surface area contributed by atoms with Crippen molar-refractivity contribution in [3.8, 4) is 0 Å². The van der Waals surface area contributed by atoms with Gasteiger partial charge in [-0.25, -0.2) is 0 Å². The molecule has 0 aromatic heterocycles. The van der Waals surface area contributed by atoms with Crippen LogP contribution < -0.4 is 0 Å². The summed E-state index contributed by atoms with van der Waals surface area (Å²) in [7, 11) is 0. The van der Waals surface area contributed by atoms with Gasteiger partial charge < -0.3 is 0 Å². The molecule has 1 heterocycles. The zero-order valence-corrected chi connectivity index (χ0v) is 10.8. The SMILES string of the molecule is C=CCN1C(=O)C2=C(C1=O)C1CCC2C1CCC. The lowest BCUT2D eigenvalue weighted by Crippen LogP contribution is -2.35. The maximum absolute atomic E-state index is 12.3. The Morgan fingerprint density at radius 3 is 2.22 bits per heavy atom. The van der Waals surface area contributed by atoms with Crippen molar-refractivity contribution in [1.82, 2.24) is 4.90 Å². The van der Waals surface area contributed by atoms with Crippen LogP contribution in [-0.4, -0.2) is 23.3 Å². The normalized spacial score (nSPS) is 33.6. The largest absolute Gasteiger partial charge is 0.271 e. The monoisotopic (exact) mass is 245 g/mol. The molecule has 2 aliphatic carbocycles. The Morgan fingerprint density at radius 2 is 1.78 bits per heavy atom. The molecule has 1 saturated carbocycles. The van der Waals surface area contributed by atoms with Crippen LogP contribution >= 0.6 is 0 Å². The molecule has 0 aromatic carbocycles. The van der Waals surface area contributed by atoms with Crippen LogP contribution in [0.15, 0.2) is 23.8 Å². The number of carbonyl (C=O) groups is 2. The van der Waals surface area contributed by atoms with Crippen LogP contribution in [-0.2, 0) is 9.59 Å². The number of likely N-dealkylation sites (tertiary alicyclic amines) is 1. The highest BCUT2D eigenvalue weighted by Gasteiger charge is 2.56. The number of fused-ring (bicyclic) bond motifs is 4. The quantitative estimate of drug-likeness (QED) is 0.563. The third-order valence-electron chi connectivity index (χ3n) is 4.74. The Bertz CT molecular complexity index is 429. The first kappa shape index (κ1) is 11.7. The molecule has 2 atom stereocenters. The Hall–Kier alpha value is -1.38. The van der Waals surface area contributed by atoms with E-state index < -0.39 is 0 Å². The fraction of sp³-hybridized carbons (Fsp3) is 0.600. The van der Waals surface area contributed by atoms with Crippen molar-refractivity contribution in [2.24, 2.45) is 17.8 Å². The first-order valence-corrected chi connectivity index (χ1v) is 6.91. The zero-order chi connectivity index (χ0) is 12.9. The second-order valence-electron chi connectivity index (χ2n) is 5.58. The van der Waals surface area contributed by atoms with E-state index in [1.165, 1.54) is 4.90 Å². The standard InChI is InChI=1S/C15H19NO2/c1-3-5-9-10-6-7-11(9)13-12(10)14(17)16(8-4-2)15(13)18/h4,9-11H,2-3,5-8H2,1H3. The van der Waals surface area contributed by atoms with Crippen molar-refractivity contribution in [3.05, 3.63) is 23.8 Å². The van der Waals surface area contributed by atoms with Crippen LogP contribution in [0.25, 0.3) is 0 Å². The highest BCUT2D eigenvalue weighted by molar-refractivity contribution is 6.20. The molecular weight excluding hydrogens is 226 g/mol. The summed E-state index contributed by atoms with van der Waals surface area (Å²) in [5, 5.41) is 0. The van der Waals surface area contributed by atoms with Crippen molar-refractivity contribution in [1.29, 1.82) is 0 Å². The third kappa shape index (κ3) is 1.30. The number of hydrogen-bond acceptors (Lipinski definition) is 2. The molecule has 1 fully saturated rings. The summed E-state index contributed by atoms with van der Waals surface area (Å²) in [6, 6.07) is 0. The zero-order valence-electron chi connectivity index (χ0n) is 10.8. The molecule has 0 N–H and O–H groups in total. The van der Waals surface area contributed by atoms with Gasteiger partial charge in [0, 0.05) is 17.7 Å². The number of rotatable bonds is 4. The molecule has 0 radical (unpaired) electrons. The van der Waals surface area contributed by atoms with Gasteiger partial charge in [-0.05, 0) is 37.0 Å². The maximum atomic E-state index is 12.3. The van der Waals surface area contributed by atoms with Crippen LogP contribution in [0, 0.1) is 17.8 Å². The topological polar surface area (TPSA) is 37.4 Å². The fourth-order valence-electron chi connectivity index (χ4n) is 4.15. The molecule has 3 rings (SSSR count). The smallest absolute Gasteiger partial charge is 0.257 e. The Morgan fingerprint density at radius 1 is 1.22 bits per heavy atom. The van der Waals surface area contributed by atoms with Gasteiger partial charge in [-0.15, -0.1) is 6.58 Å². The van der Waals surface area contributed by atoms with Gasteiger partial charge in [0.15, 0.2) is 0 Å². The molecule has 3 aliphatic rings. The summed E-state index contributed by atoms with van der Waals surface area (Å²) in [5.41, 5.74) is 1.72. The Kier molecular flexibility index (Phi) is 2.65. The summed E-state index contributed by atoms with van der Waals surface area (Å²) < 4.78 is 0. The van der Waals surface area contributed by atoms with Crippen LogP contribution in [0.1, 0.15) is 32.6 Å². The lowest BCUT2D eigenvalue weighted by atomic mass is 9.88. The summed E-state index contributed by atoms with van der Waals surface area (Å²) in [5.74, 6) is 1.19. The predicted octanol–water partition coefficient (Wildman–Crippen LogP) is 2.29. The van der Waals surface area contributed by atoms with Crippen molar-refractivity contribution in [2.75, 3.05) is 6.54 Å². The molecule has 3 heteroatoms. The average Bonchev–Trinajstić information content (AvgIpc) is 2.96. The van der Waals surface area contributed by atoms with E-state index in [1.807, 2.05) is 0 Å². The van der Waals surface area contributed by atoms with Gasteiger partial charge >= 0.3 is 0 Å². The van der Waals surface area contributed by atoms with E-state index >= 15 is 0 Å². The van der Waals surface area contributed by atoms with Gasteiger partial charge in [-0.1, -0.05) is 19.4 Å². The molecule has 3 nitrogen and oxygen atoms in total. The second kappa shape index (κ2) is 4.08. The minimum atomic E-state index is -0.0387. The van der Waals surface area contributed by atoms with E-state index in [0.29, 0.717) is 24.3 Å². The average molecular weight is 245 g/mol. The lowest BCUT2D eigenvalue weighted by molar-refractivity contribution is -0.137. The van der Waals surface area contributed by atoms with Gasteiger partial charge in [0.05, 0.1) is 0 Å². The summed E-state index contributed by atoms with van der Waals surface area (Å²) in [4.78, 5) is 26.0. The second-order valence-corrected chi connectivity index (χ2v) is 5.58. The number of imide groups is 1. The van der Waals surface area contributed by atoms with Crippen LogP contribution in [0.5, 0.6) is 0 Å². The van der Waals surface area contributed by atoms with Gasteiger partial charge in [0.1, 0.15) is 0 Å². The minimum Gasteiger partial charge on any atom is -0.271 e. The lowest BCUT2D eigenvalue weighted by Gasteiger charge is -2.22. The third-order valence-corrected chi connectivity index (χ3v) is 4.74. The van der Waals surface area contributed by atoms with Crippen molar-refractivity contribution < 1.29 is 9.59 Å². The van der Waals surface area contributed by atoms with Gasteiger partial charge in [-0.2, -0.15) is 0 Å². The van der Waals surface area contributed by atoms with Crippen LogP contribution in [0.3, 0.4) is 0 Å². The highest BCUT2D eigenvalue weighted by Crippen LogP contribution is 2.57. The van der Waals surface area contributed by atoms with Gasteiger partial charge in [0.25, 0.3) is 11.8 Å². The molecule has 2 bridgehead atoms. The van der Waals surface area contributed by atoms with E-state index in [-0.39, 0.29) is 11.8 Å². The molecule has 1 aliphatic heterocycles. The van der Waals surface area contributed by atoms with Crippen molar-refractivity contribution in [2.45, 2.75) is 32.6 Å².